The van der Waals surface area contributed by atoms with E-state index in [0.29, 0.717) is 0 Å². The molecular formula is C16H21N3. The van der Waals surface area contributed by atoms with Crippen LogP contribution >= 0.6 is 0 Å². The van der Waals surface area contributed by atoms with Gasteiger partial charge >= 0.3 is 0 Å². The lowest BCUT2D eigenvalue weighted by molar-refractivity contribution is 1.09. The van der Waals surface area contributed by atoms with Gasteiger partial charge in [0.15, 0.2) is 0 Å². The lowest BCUT2D eigenvalue weighted by Crippen LogP contribution is -2.12. The van der Waals surface area contributed by atoms with Gasteiger partial charge in [-0.05, 0) is 43.2 Å². The molecule has 1 N–H and O–H groups in total. The van der Waals surface area contributed by atoms with Crippen molar-refractivity contribution < 1.29 is 0 Å². The summed E-state index contributed by atoms with van der Waals surface area (Å²) in [6.45, 7) is 5.12. The van der Waals surface area contributed by atoms with E-state index in [4.69, 9.17) is 0 Å². The Morgan fingerprint density at radius 2 is 1.79 bits per heavy atom. The number of nitrogens with zero attached hydrogens (tertiary/aromatic N) is 2. The van der Waals surface area contributed by atoms with Gasteiger partial charge in [0.25, 0.3) is 0 Å². The minimum absolute atomic E-state index is 0.880. The zero-order valence-corrected chi connectivity index (χ0v) is 11.9. The maximum absolute atomic E-state index is 4.60. The van der Waals surface area contributed by atoms with Crippen molar-refractivity contribution >= 4 is 17.3 Å². The molecule has 100 valence electrons. The first-order valence-corrected chi connectivity index (χ1v) is 6.78. The Balaban J connectivity index is 2.22. The quantitative estimate of drug-likeness (QED) is 0.879. The Morgan fingerprint density at radius 1 is 1.05 bits per heavy atom. The molecule has 0 radical (unpaired) electrons. The highest BCUT2D eigenvalue weighted by molar-refractivity contribution is 5.61. The van der Waals surface area contributed by atoms with Gasteiger partial charge < -0.3 is 10.2 Å². The Bertz CT molecular complexity index is 520. The largest absolute Gasteiger partial charge is 0.370 e. The van der Waals surface area contributed by atoms with Gasteiger partial charge in [-0.25, -0.2) is 4.98 Å². The molecule has 3 nitrogen and oxygen atoms in total. The summed E-state index contributed by atoms with van der Waals surface area (Å²) < 4.78 is 0. The Kier molecular flexibility index (Phi) is 4.39. The minimum atomic E-state index is 0.880. The monoisotopic (exact) mass is 255 g/mol. The first kappa shape index (κ1) is 13.4. The van der Waals surface area contributed by atoms with Crippen molar-refractivity contribution in [2.75, 3.05) is 23.8 Å². The van der Waals surface area contributed by atoms with Gasteiger partial charge in [-0.2, -0.15) is 0 Å². The standard InChI is InChI=1S/C16H21N3/c1-4-13-9-11-14(12-10-13)19(3)16-8-6-7-15(18-16)17-5-2/h6-12H,4-5H2,1-3H3,(H,17,18). The fourth-order valence-electron chi connectivity index (χ4n) is 1.98. The summed E-state index contributed by atoms with van der Waals surface area (Å²) in [5.41, 5.74) is 2.50. The Morgan fingerprint density at radius 3 is 2.42 bits per heavy atom. The Hall–Kier alpha value is -2.03. The second-order valence-corrected chi connectivity index (χ2v) is 4.49. The molecule has 0 aliphatic heterocycles. The molecule has 1 aromatic carbocycles. The molecule has 0 aliphatic rings. The summed E-state index contributed by atoms with van der Waals surface area (Å²) in [4.78, 5) is 6.69. The van der Waals surface area contributed by atoms with Gasteiger partial charge in [-0.3, -0.25) is 0 Å². The molecule has 1 heterocycles. The SMILES string of the molecule is CCNc1cccc(N(C)c2ccc(CC)cc2)n1. The molecule has 0 saturated carbocycles. The molecule has 3 heteroatoms. The van der Waals surface area contributed by atoms with E-state index < -0.39 is 0 Å². The van der Waals surface area contributed by atoms with Gasteiger partial charge in [-0.1, -0.05) is 25.1 Å². The molecule has 0 fully saturated rings. The number of anilines is 3. The topological polar surface area (TPSA) is 28.2 Å². The van der Waals surface area contributed by atoms with Crippen molar-refractivity contribution in [2.45, 2.75) is 20.3 Å². The number of nitrogens with one attached hydrogen (secondary N) is 1. The van der Waals surface area contributed by atoms with Crippen molar-refractivity contribution in [3.8, 4) is 0 Å². The van der Waals surface area contributed by atoms with Gasteiger partial charge in [0, 0.05) is 19.3 Å². The van der Waals surface area contributed by atoms with Crippen molar-refractivity contribution in [2.24, 2.45) is 0 Å². The van der Waals surface area contributed by atoms with Gasteiger partial charge in [-0.15, -0.1) is 0 Å². The zero-order chi connectivity index (χ0) is 13.7. The summed E-state index contributed by atoms with van der Waals surface area (Å²) in [6.07, 6.45) is 1.07. The van der Waals surface area contributed by atoms with Crippen LogP contribution in [0.1, 0.15) is 19.4 Å². The number of benzene rings is 1. The summed E-state index contributed by atoms with van der Waals surface area (Å²) in [5, 5.41) is 3.23. The summed E-state index contributed by atoms with van der Waals surface area (Å²) in [7, 11) is 2.04. The van der Waals surface area contributed by atoms with E-state index in [-0.39, 0.29) is 0 Å². The predicted octanol–water partition coefficient (Wildman–Crippen LogP) is 3.84. The third-order valence-electron chi connectivity index (χ3n) is 3.17. The van der Waals surface area contributed by atoms with Crippen molar-refractivity contribution in [1.82, 2.24) is 4.98 Å². The van der Waals surface area contributed by atoms with Crippen LogP contribution in [0.25, 0.3) is 0 Å². The number of hydrogen-bond acceptors (Lipinski definition) is 3. The third kappa shape index (κ3) is 3.25. The van der Waals surface area contributed by atoms with Crippen LogP contribution in [0.3, 0.4) is 0 Å². The van der Waals surface area contributed by atoms with Crippen LogP contribution < -0.4 is 10.2 Å². The van der Waals surface area contributed by atoms with Gasteiger partial charge in [0.05, 0.1) is 0 Å². The summed E-state index contributed by atoms with van der Waals surface area (Å²) >= 11 is 0. The molecule has 0 bridgehead atoms. The summed E-state index contributed by atoms with van der Waals surface area (Å²) in [5.74, 6) is 1.86. The average Bonchev–Trinajstić information content (AvgIpc) is 2.47. The van der Waals surface area contributed by atoms with E-state index in [1.54, 1.807) is 0 Å². The predicted molar refractivity (Wildman–Crippen MR) is 82.3 cm³/mol. The molecule has 2 rings (SSSR count). The van der Waals surface area contributed by atoms with Gasteiger partial charge in [0.1, 0.15) is 11.6 Å². The van der Waals surface area contributed by atoms with E-state index in [0.717, 1.165) is 30.3 Å². The molecule has 2 aromatic rings. The molecule has 0 amide bonds. The molecule has 0 saturated heterocycles. The van der Waals surface area contributed by atoms with Crippen LogP contribution in [0, 0.1) is 0 Å². The van der Waals surface area contributed by atoms with E-state index in [1.807, 2.05) is 25.2 Å². The normalized spacial score (nSPS) is 10.3. The van der Waals surface area contributed by atoms with Crippen molar-refractivity contribution in [3.05, 3.63) is 48.0 Å². The lowest BCUT2D eigenvalue weighted by atomic mass is 10.1. The van der Waals surface area contributed by atoms with Crippen molar-refractivity contribution in [1.29, 1.82) is 0 Å². The minimum Gasteiger partial charge on any atom is -0.370 e. The molecular weight excluding hydrogens is 234 g/mol. The molecule has 19 heavy (non-hydrogen) atoms. The fourth-order valence-corrected chi connectivity index (χ4v) is 1.98. The van der Waals surface area contributed by atoms with E-state index in [1.165, 1.54) is 5.56 Å². The van der Waals surface area contributed by atoms with Crippen LogP contribution in [0.2, 0.25) is 0 Å². The highest BCUT2D eigenvalue weighted by Gasteiger charge is 2.05. The van der Waals surface area contributed by atoms with Crippen molar-refractivity contribution in [3.63, 3.8) is 0 Å². The number of aryl methyl sites for hydroxylation is 1. The van der Waals surface area contributed by atoms with E-state index in [9.17, 15) is 0 Å². The molecule has 0 spiro atoms. The lowest BCUT2D eigenvalue weighted by Gasteiger charge is -2.19. The number of hydrogen-bond donors (Lipinski definition) is 1. The average molecular weight is 255 g/mol. The maximum Gasteiger partial charge on any atom is 0.135 e. The van der Waals surface area contributed by atoms with Crippen LogP contribution in [0.5, 0.6) is 0 Å². The highest BCUT2D eigenvalue weighted by atomic mass is 15.2. The first-order chi connectivity index (χ1) is 9.24. The molecule has 1 aromatic heterocycles. The second-order valence-electron chi connectivity index (χ2n) is 4.49. The third-order valence-corrected chi connectivity index (χ3v) is 3.17. The number of aromatic nitrogens is 1. The number of rotatable bonds is 5. The Labute approximate surface area is 115 Å². The number of pyridine rings is 1. The molecule has 0 unspecified atom stereocenters. The van der Waals surface area contributed by atoms with Crippen LogP contribution in [0.15, 0.2) is 42.5 Å². The first-order valence-electron chi connectivity index (χ1n) is 6.78. The second kappa shape index (κ2) is 6.23. The maximum atomic E-state index is 4.60. The smallest absolute Gasteiger partial charge is 0.135 e. The van der Waals surface area contributed by atoms with Gasteiger partial charge in [0.2, 0.25) is 0 Å². The fraction of sp³-hybridized carbons (Fsp3) is 0.312. The molecule has 0 atom stereocenters. The van der Waals surface area contributed by atoms with E-state index in [2.05, 4.69) is 53.3 Å². The van der Waals surface area contributed by atoms with E-state index >= 15 is 0 Å². The van der Waals surface area contributed by atoms with Crippen LogP contribution in [-0.2, 0) is 6.42 Å². The highest BCUT2D eigenvalue weighted by Crippen LogP contribution is 2.23. The van der Waals surface area contributed by atoms with Crippen LogP contribution in [0.4, 0.5) is 17.3 Å². The summed E-state index contributed by atoms with van der Waals surface area (Å²) in [6, 6.07) is 14.6. The zero-order valence-electron chi connectivity index (χ0n) is 11.9. The van der Waals surface area contributed by atoms with Crippen LogP contribution in [-0.4, -0.2) is 18.6 Å². The molecule has 0 aliphatic carbocycles.